The maximum absolute atomic E-state index is 13.5. The Labute approximate surface area is 243 Å². The monoisotopic (exact) mass is 574 g/mol. The predicted molar refractivity (Wildman–Crippen MR) is 152 cm³/mol. The molecule has 2 atom stereocenters. The van der Waals surface area contributed by atoms with Crippen LogP contribution in [0.25, 0.3) is 0 Å². The number of hydrogen-bond donors (Lipinski definition) is 2. The minimum Gasteiger partial charge on any atom is -0.497 e. The van der Waals surface area contributed by atoms with E-state index in [1.54, 1.807) is 41.3 Å². The lowest BCUT2D eigenvalue weighted by atomic mass is 9.89. The summed E-state index contributed by atoms with van der Waals surface area (Å²) in [5, 5.41) is 5.05. The molecule has 6 rings (SSSR count). The molecule has 3 fully saturated rings. The number of rotatable bonds is 7. The van der Waals surface area contributed by atoms with Crippen LogP contribution in [0.2, 0.25) is 0 Å². The summed E-state index contributed by atoms with van der Waals surface area (Å²) in [5.74, 6) is -0.470. The summed E-state index contributed by atoms with van der Waals surface area (Å²) < 4.78 is 5.26. The number of piperazine rings is 1. The molecule has 2 N–H and O–H groups in total. The Bertz CT molecular complexity index is 1450. The van der Waals surface area contributed by atoms with Crippen molar-refractivity contribution in [2.45, 2.75) is 37.9 Å². The number of benzene rings is 2. The Hall–Kier alpha value is -4.45. The van der Waals surface area contributed by atoms with Crippen LogP contribution in [0.5, 0.6) is 5.75 Å². The van der Waals surface area contributed by atoms with Gasteiger partial charge in [-0.05, 0) is 48.4 Å². The van der Waals surface area contributed by atoms with Gasteiger partial charge in [0, 0.05) is 50.4 Å². The van der Waals surface area contributed by atoms with Gasteiger partial charge in [-0.15, -0.1) is 0 Å². The summed E-state index contributed by atoms with van der Waals surface area (Å²) in [6, 6.07) is 10.7. The van der Waals surface area contributed by atoms with Crippen molar-refractivity contribution in [3.63, 3.8) is 0 Å². The fourth-order valence-electron chi connectivity index (χ4n) is 6.42. The van der Waals surface area contributed by atoms with Crippen LogP contribution >= 0.6 is 0 Å². The maximum atomic E-state index is 13.5. The summed E-state index contributed by atoms with van der Waals surface area (Å²) in [6.07, 6.45) is 0.718. The molecule has 0 saturated carbocycles. The molecule has 0 radical (unpaired) electrons. The summed E-state index contributed by atoms with van der Waals surface area (Å²) in [4.78, 5) is 72.5. The molecule has 12 heteroatoms. The molecule has 6 amide bonds. The van der Waals surface area contributed by atoms with Crippen LogP contribution in [0.4, 0.5) is 10.5 Å². The van der Waals surface area contributed by atoms with Crippen molar-refractivity contribution in [2.75, 3.05) is 51.3 Å². The molecule has 0 bridgehead atoms. The lowest BCUT2D eigenvalue weighted by molar-refractivity contribution is -0.134. The van der Waals surface area contributed by atoms with Gasteiger partial charge in [0.25, 0.3) is 11.8 Å². The fourth-order valence-corrected chi connectivity index (χ4v) is 6.42. The third-order valence-electron chi connectivity index (χ3n) is 8.83. The molecule has 3 saturated heterocycles. The first-order chi connectivity index (χ1) is 20.2. The molecule has 0 aliphatic carbocycles. The topological polar surface area (TPSA) is 132 Å². The smallest absolute Gasteiger partial charge is 0.322 e. The molecule has 2 aromatic rings. The number of carbonyl (C=O) groups is 5. The van der Waals surface area contributed by atoms with Crippen LogP contribution in [0.15, 0.2) is 42.5 Å². The minimum absolute atomic E-state index is 0.0525. The third kappa shape index (κ3) is 4.65. The van der Waals surface area contributed by atoms with Crippen molar-refractivity contribution in [3.8, 4) is 5.75 Å². The number of methoxy groups -OCH3 is 1. The minimum atomic E-state index is -1.53. The van der Waals surface area contributed by atoms with E-state index in [0.29, 0.717) is 42.1 Å². The van der Waals surface area contributed by atoms with Crippen LogP contribution in [0.3, 0.4) is 0 Å². The van der Waals surface area contributed by atoms with E-state index >= 15 is 0 Å². The lowest BCUT2D eigenvalue weighted by Gasteiger charge is -2.37. The van der Waals surface area contributed by atoms with Crippen LogP contribution in [0, 0.1) is 0 Å². The first-order valence-electron chi connectivity index (χ1n) is 14.3. The third-order valence-corrected chi connectivity index (χ3v) is 8.83. The summed E-state index contributed by atoms with van der Waals surface area (Å²) in [6.45, 7) is 6.11. The number of hydrogen-bond acceptors (Lipinski definition) is 7. The zero-order valence-corrected chi connectivity index (χ0v) is 23.7. The van der Waals surface area contributed by atoms with Gasteiger partial charge in [-0.2, -0.15) is 0 Å². The van der Waals surface area contributed by atoms with Gasteiger partial charge in [0.2, 0.25) is 11.8 Å². The number of urea groups is 1. The predicted octanol–water partition coefficient (Wildman–Crippen LogP) is 1.05. The zero-order valence-electron chi connectivity index (χ0n) is 23.7. The molecule has 0 aromatic heterocycles. The highest BCUT2D eigenvalue weighted by molar-refractivity contribution is 6.09. The lowest BCUT2D eigenvalue weighted by Crippen LogP contribution is -2.54. The second-order valence-electron chi connectivity index (χ2n) is 11.1. The number of carbonyl (C=O) groups excluding carboxylic acids is 5. The Kier molecular flexibility index (Phi) is 7.09. The van der Waals surface area contributed by atoms with Gasteiger partial charge in [0.05, 0.1) is 13.7 Å². The van der Waals surface area contributed by atoms with Crippen molar-refractivity contribution < 1.29 is 28.7 Å². The van der Waals surface area contributed by atoms with E-state index in [9.17, 15) is 24.0 Å². The number of nitrogens with zero attached hydrogens (tertiary/aromatic N) is 4. The van der Waals surface area contributed by atoms with E-state index in [-0.39, 0.29) is 37.2 Å². The maximum Gasteiger partial charge on any atom is 0.322 e. The highest BCUT2D eigenvalue weighted by Crippen LogP contribution is 2.35. The standard InChI is InChI=1S/C30H34N6O6/c1-3-33-12-14-34(15-13-33)27(39)24-10-11-25(37)36(24)21-7-5-20(6-8-21)30(28(40)31-29(41)32-30)18-35-17-19-4-9-22(42-2)16-23(19)26(35)38/h4-9,16,24H,3,10-15,17-18H2,1-2H3,(H2,31,32,40,41)/t24?,30-/m0/s1. The molecule has 0 spiro atoms. The number of anilines is 1. The van der Waals surface area contributed by atoms with Crippen LogP contribution < -0.4 is 20.3 Å². The molecule has 220 valence electrons. The van der Waals surface area contributed by atoms with Crippen molar-refractivity contribution in [1.29, 1.82) is 0 Å². The van der Waals surface area contributed by atoms with Crippen molar-refractivity contribution in [1.82, 2.24) is 25.3 Å². The molecule has 1 unspecified atom stereocenters. The molecular weight excluding hydrogens is 540 g/mol. The van der Waals surface area contributed by atoms with Crippen molar-refractivity contribution >= 4 is 35.3 Å². The van der Waals surface area contributed by atoms with Gasteiger partial charge in [0.15, 0.2) is 5.54 Å². The number of ether oxygens (including phenoxy) is 1. The van der Waals surface area contributed by atoms with Gasteiger partial charge in [0.1, 0.15) is 11.8 Å². The van der Waals surface area contributed by atoms with Gasteiger partial charge in [-0.1, -0.05) is 25.1 Å². The highest BCUT2D eigenvalue weighted by Gasteiger charge is 2.50. The van der Waals surface area contributed by atoms with Crippen LogP contribution in [-0.4, -0.2) is 96.8 Å². The molecule has 2 aromatic carbocycles. The number of amides is 6. The zero-order chi connectivity index (χ0) is 29.6. The summed E-state index contributed by atoms with van der Waals surface area (Å²) >= 11 is 0. The van der Waals surface area contributed by atoms with E-state index in [1.165, 1.54) is 12.0 Å². The number of imide groups is 1. The van der Waals surface area contributed by atoms with Gasteiger partial charge in [-0.25, -0.2) is 4.79 Å². The second-order valence-corrected chi connectivity index (χ2v) is 11.1. The van der Waals surface area contributed by atoms with Gasteiger partial charge in [-0.3, -0.25) is 29.4 Å². The summed E-state index contributed by atoms with van der Waals surface area (Å²) in [7, 11) is 1.53. The van der Waals surface area contributed by atoms with E-state index in [1.807, 2.05) is 11.0 Å². The molecular formula is C30H34N6O6. The van der Waals surface area contributed by atoms with E-state index < -0.39 is 23.5 Å². The SMILES string of the molecule is CCN1CCN(C(=O)C2CCC(=O)N2c2ccc([C@]3(CN4Cc5ccc(OC)cc5C4=O)NC(=O)NC3=O)cc2)CC1. The molecule has 4 aliphatic heterocycles. The molecule has 4 aliphatic rings. The van der Waals surface area contributed by atoms with Crippen LogP contribution in [-0.2, 0) is 26.5 Å². The van der Waals surface area contributed by atoms with E-state index in [2.05, 4.69) is 22.5 Å². The number of likely N-dealkylation sites (N-methyl/N-ethyl adjacent to an activating group) is 1. The van der Waals surface area contributed by atoms with Crippen molar-refractivity contribution in [2.24, 2.45) is 0 Å². The Morgan fingerprint density at radius 1 is 1.02 bits per heavy atom. The van der Waals surface area contributed by atoms with Gasteiger partial charge < -0.3 is 24.8 Å². The fraction of sp³-hybridized carbons (Fsp3) is 0.433. The quantitative estimate of drug-likeness (QED) is 0.473. The Morgan fingerprint density at radius 2 is 1.76 bits per heavy atom. The average Bonchev–Trinajstić information content (AvgIpc) is 3.64. The average molecular weight is 575 g/mol. The second kappa shape index (κ2) is 10.8. The van der Waals surface area contributed by atoms with Gasteiger partial charge >= 0.3 is 6.03 Å². The highest BCUT2D eigenvalue weighted by atomic mass is 16.5. The molecule has 4 heterocycles. The number of nitrogens with one attached hydrogen (secondary N) is 2. The first kappa shape index (κ1) is 27.7. The number of fused-ring (bicyclic) bond motifs is 1. The molecule has 42 heavy (non-hydrogen) atoms. The Balaban J connectivity index is 1.24. The molecule has 12 nitrogen and oxygen atoms in total. The summed E-state index contributed by atoms with van der Waals surface area (Å²) in [5.41, 5.74) is 0.768. The first-order valence-corrected chi connectivity index (χ1v) is 14.3. The van der Waals surface area contributed by atoms with Crippen LogP contribution in [0.1, 0.15) is 41.3 Å². The normalized spacial score (nSPS) is 24.2. The van der Waals surface area contributed by atoms with Crippen molar-refractivity contribution in [3.05, 3.63) is 59.2 Å². The largest absolute Gasteiger partial charge is 0.497 e. The van der Waals surface area contributed by atoms with E-state index in [4.69, 9.17) is 4.74 Å². The Morgan fingerprint density at radius 3 is 2.40 bits per heavy atom. The van der Waals surface area contributed by atoms with E-state index in [0.717, 1.165) is 25.2 Å².